The van der Waals surface area contributed by atoms with Crippen molar-refractivity contribution in [2.24, 2.45) is 0 Å². The molecule has 7 radical (unpaired) electrons. The van der Waals surface area contributed by atoms with Crippen LogP contribution in [0.25, 0.3) is 0 Å². The van der Waals surface area contributed by atoms with Crippen LogP contribution in [0.15, 0.2) is 54.6 Å². The molecule has 0 fully saturated rings. The van der Waals surface area contributed by atoms with E-state index in [0.717, 1.165) is 5.75 Å². The van der Waals surface area contributed by atoms with Gasteiger partial charge in [0.1, 0.15) is 0 Å². The molecule has 0 aromatic heterocycles. The molecule has 4 heteroatoms. The standard InChI is InChI=1S/C13H12IO.As.Sn/c1-15-13-9-7-12(8-10-13)14-11-5-3-2-4-6-11;;/h2-10H,1H3;;/q-1;;. The summed E-state index contributed by atoms with van der Waals surface area (Å²) in [5.41, 5.74) is 0. The number of hydrogen-bond acceptors (Lipinski definition) is 1. The summed E-state index contributed by atoms with van der Waals surface area (Å²) in [6.07, 6.45) is 0. The SMILES string of the molecule is COc1ccc([I-]c2ccccc2)cc1.[As].[Sn]. The zero-order chi connectivity index (χ0) is 10.5. The quantitative estimate of drug-likeness (QED) is 0.388. The molecule has 0 aliphatic rings. The zero-order valence-electron chi connectivity index (χ0n) is 9.43. The second-order valence-corrected chi connectivity index (χ2v) is 6.08. The Labute approximate surface area is 141 Å². The van der Waals surface area contributed by atoms with Crippen LogP contribution in [0.4, 0.5) is 0 Å². The second kappa shape index (κ2) is 9.28. The van der Waals surface area contributed by atoms with Crippen molar-refractivity contribution in [2.45, 2.75) is 0 Å². The summed E-state index contributed by atoms with van der Waals surface area (Å²) in [6.45, 7) is 0. The van der Waals surface area contributed by atoms with Crippen LogP contribution in [0.3, 0.4) is 0 Å². The fourth-order valence-corrected chi connectivity index (χ4v) is 3.45. The monoisotopic (exact) mass is 506 g/mol. The summed E-state index contributed by atoms with van der Waals surface area (Å²) in [7, 11) is 1.70. The molecule has 2 aromatic rings. The van der Waals surface area contributed by atoms with Gasteiger partial charge in [-0.2, -0.15) is 0 Å². The number of methoxy groups -OCH3 is 1. The van der Waals surface area contributed by atoms with E-state index in [1.165, 1.54) is 7.14 Å². The molecular weight excluding hydrogens is 493 g/mol. The van der Waals surface area contributed by atoms with E-state index in [2.05, 4.69) is 42.5 Å². The van der Waals surface area contributed by atoms with E-state index in [4.69, 9.17) is 4.74 Å². The third kappa shape index (κ3) is 5.66. The number of hydrogen-bond donors (Lipinski definition) is 0. The Bertz CT molecular complexity index is 419. The van der Waals surface area contributed by atoms with Crippen molar-refractivity contribution in [1.82, 2.24) is 0 Å². The molecule has 0 heterocycles. The molecule has 0 amide bonds. The van der Waals surface area contributed by atoms with Crippen LogP contribution in [0.5, 0.6) is 5.75 Å². The van der Waals surface area contributed by atoms with Crippen LogP contribution in [-0.2, 0) is 0 Å². The molecule has 0 saturated carbocycles. The van der Waals surface area contributed by atoms with E-state index in [1.54, 1.807) is 7.11 Å². The average Bonchev–Trinajstić information content (AvgIpc) is 2.31. The molecule has 0 atom stereocenters. The zero-order valence-corrected chi connectivity index (χ0v) is 16.3. The molecule has 2 rings (SSSR count). The van der Waals surface area contributed by atoms with Gasteiger partial charge in [-0.25, -0.2) is 0 Å². The molecule has 2 aromatic carbocycles. The third-order valence-electron chi connectivity index (χ3n) is 2.00. The van der Waals surface area contributed by atoms with Gasteiger partial charge in [-0.05, 0) is 0 Å². The van der Waals surface area contributed by atoms with Crippen LogP contribution in [0.1, 0.15) is 0 Å². The molecule has 0 aliphatic carbocycles. The minimum absolute atomic E-state index is 0. The van der Waals surface area contributed by atoms with E-state index in [-0.39, 0.29) is 63.1 Å². The van der Waals surface area contributed by atoms with Crippen molar-refractivity contribution >= 4 is 41.9 Å². The minimum Gasteiger partial charge on any atom is 0 e. The van der Waals surface area contributed by atoms with Gasteiger partial charge in [-0.1, -0.05) is 0 Å². The van der Waals surface area contributed by atoms with Gasteiger partial charge in [0.2, 0.25) is 0 Å². The molecule has 0 N–H and O–H groups in total. The van der Waals surface area contributed by atoms with Crippen LogP contribution < -0.4 is 25.9 Å². The van der Waals surface area contributed by atoms with E-state index < -0.39 is 0 Å². The predicted octanol–water partition coefficient (Wildman–Crippen LogP) is -0.938. The first-order chi connectivity index (χ1) is 7.38. The van der Waals surface area contributed by atoms with E-state index in [9.17, 15) is 0 Å². The van der Waals surface area contributed by atoms with Crippen molar-refractivity contribution in [1.29, 1.82) is 0 Å². The topological polar surface area (TPSA) is 9.23 Å². The van der Waals surface area contributed by atoms with E-state index >= 15 is 0 Å². The Morgan fingerprint density at radius 1 is 0.824 bits per heavy atom. The molecular formula is C13H12AsIOSn-. The largest absolute Gasteiger partial charge is 0 e. The first-order valence-electron chi connectivity index (χ1n) is 4.72. The van der Waals surface area contributed by atoms with Crippen molar-refractivity contribution in [3.63, 3.8) is 0 Å². The van der Waals surface area contributed by atoms with Gasteiger partial charge in [0, 0.05) is 41.9 Å². The summed E-state index contributed by atoms with van der Waals surface area (Å²) in [4.78, 5) is 0. The Morgan fingerprint density at radius 2 is 1.35 bits per heavy atom. The normalized spacial score (nSPS) is 9.00. The summed E-state index contributed by atoms with van der Waals surface area (Å²) in [5.74, 6) is 0.927. The first-order valence-corrected chi connectivity index (χ1v) is 6.88. The second-order valence-electron chi connectivity index (χ2n) is 3.05. The van der Waals surface area contributed by atoms with Crippen LogP contribution in [-0.4, -0.2) is 49.0 Å². The van der Waals surface area contributed by atoms with Crippen LogP contribution in [0.2, 0.25) is 0 Å². The maximum Gasteiger partial charge on any atom is 0 e. The van der Waals surface area contributed by atoms with E-state index in [1.807, 2.05) is 12.1 Å². The third-order valence-corrected chi connectivity index (χ3v) is 4.68. The number of halogens is 1. The molecule has 0 bridgehead atoms. The van der Waals surface area contributed by atoms with Crippen molar-refractivity contribution < 1.29 is 25.9 Å². The van der Waals surface area contributed by atoms with Crippen LogP contribution in [0, 0.1) is 7.14 Å². The average molecular weight is 505 g/mol. The van der Waals surface area contributed by atoms with Crippen LogP contribution >= 0.6 is 0 Å². The molecule has 0 spiro atoms. The Balaban J connectivity index is 0.00000128. The Hall–Kier alpha value is 0.327. The number of benzene rings is 2. The summed E-state index contributed by atoms with van der Waals surface area (Å²) in [6, 6.07) is 19.0. The smallest absolute Gasteiger partial charge is 0 e. The summed E-state index contributed by atoms with van der Waals surface area (Å²) >= 11 is -0.0449. The maximum atomic E-state index is 5.13. The van der Waals surface area contributed by atoms with Crippen molar-refractivity contribution in [2.75, 3.05) is 7.11 Å². The summed E-state index contributed by atoms with van der Waals surface area (Å²) in [5, 5.41) is 0. The van der Waals surface area contributed by atoms with Gasteiger partial charge in [-0.3, -0.25) is 0 Å². The van der Waals surface area contributed by atoms with Gasteiger partial charge in [0.25, 0.3) is 0 Å². The molecule has 0 saturated heterocycles. The first kappa shape index (κ1) is 17.3. The van der Waals surface area contributed by atoms with Gasteiger partial charge in [0.05, 0.1) is 0 Å². The van der Waals surface area contributed by atoms with Gasteiger partial charge < -0.3 is 0 Å². The Morgan fingerprint density at radius 3 is 1.88 bits per heavy atom. The van der Waals surface area contributed by atoms with Gasteiger partial charge >= 0.3 is 101 Å². The molecule has 1 nitrogen and oxygen atoms in total. The van der Waals surface area contributed by atoms with Crippen molar-refractivity contribution in [3.8, 4) is 5.75 Å². The molecule has 87 valence electrons. The molecule has 0 aliphatic heterocycles. The fraction of sp³-hybridized carbons (Fsp3) is 0.0769. The molecule has 0 unspecified atom stereocenters. The fourth-order valence-electron chi connectivity index (χ4n) is 1.24. The Kier molecular flexibility index (Phi) is 9.46. The summed E-state index contributed by atoms with van der Waals surface area (Å²) < 4.78 is 7.99. The molecule has 17 heavy (non-hydrogen) atoms. The van der Waals surface area contributed by atoms with Crippen molar-refractivity contribution in [3.05, 3.63) is 61.7 Å². The number of rotatable bonds is 3. The minimum atomic E-state index is -0.0449. The van der Waals surface area contributed by atoms with E-state index in [0.29, 0.717) is 0 Å². The number of ether oxygens (including phenoxy) is 1. The van der Waals surface area contributed by atoms with Gasteiger partial charge in [0.15, 0.2) is 0 Å². The predicted molar refractivity (Wildman–Crippen MR) is 68.3 cm³/mol. The van der Waals surface area contributed by atoms with Gasteiger partial charge in [-0.15, -0.1) is 0 Å². The maximum absolute atomic E-state index is 5.13.